The van der Waals surface area contributed by atoms with Crippen LogP contribution in [0.25, 0.3) is 0 Å². The van der Waals surface area contributed by atoms with Crippen molar-refractivity contribution in [2.45, 2.75) is 297 Å². The highest BCUT2D eigenvalue weighted by molar-refractivity contribution is 5.71. The first-order chi connectivity index (χ1) is 28.4. The van der Waals surface area contributed by atoms with E-state index in [-0.39, 0.29) is 31.1 Å². The summed E-state index contributed by atoms with van der Waals surface area (Å²) in [5, 5.41) is 0. The minimum atomic E-state index is -0.760. The molecule has 0 amide bonds. The summed E-state index contributed by atoms with van der Waals surface area (Å²) in [4.78, 5) is 37.9. The fraction of sp³-hybridized carbons (Fsp3) is 0.942. The summed E-state index contributed by atoms with van der Waals surface area (Å²) in [5.41, 5.74) is 0. The lowest BCUT2D eigenvalue weighted by molar-refractivity contribution is -0.167. The summed E-state index contributed by atoms with van der Waals surface area (Å²) < 4.78 is 16.8. The zero-order valence-electron chi connectivity index (χ0n) is 39.5. The van der Waals surface area contributed by atoms with Crippen LogP contribution in [0, 0.1) is 5.92 Å². The van der Waals surface area contributed by atoms with E-state index in [0.717, 1.165) is 63.7 Å². The highest BCUT2D eigenvalue weighted by Gasteiger charge is 2.19. The molecule has 0 heterocycles. The molecule has 0 saturated carbocycles. The molecule has 0 aromatic heterocycles. The number of carbonyl (C=O) groups excluding carboxylic acids is 3. The van der Waals surface area contributed by atoms with Gasteiger partial charge in [-0.25, -0.2) is 0 Å². The van der Waals surface area contributed by atoms with Crippen LogP contribution in [0.4, 0.5) is 0 Å². The third-order valence-corrected chi connectivity index (χ3v) is 11.8. The van der Waals surface area contributed by atoms with Crippen molar-refractivity contribution in [2.75, 3.05) is 13.2 Å². The second kappa shape index (κ2) is 46.5. The fourth-order valence-electron chi connectivity index (χ4n) is 7.86. The molecule has 0 fully saturated rings. The molecule has 58 heavy (non-hydrogen) atoms. The second-order valence-corrected chi connectivity index (χ2v) is 18.3. The monoisotopic (exact) mass is 821 g/mol. The molecule has 0 N–H and O–H groups in total. The van der Waals surface area contributed by atoms with Gasteiger partial charge in [-0.05, 0) is 25.2 Å². The van der Waals surface area contributed by atoms with E-state index in [2.05, 4.69) is 27.7 Å². The van der Waals surface area contributed by atoms with E-state index in [1.165, 1.54) is 186 Å². The van der Waals surface area contributed by atoms with E-state index in [1.54, 1.807) is 0 Å². The van der Waals surface area contributed by atoms with Gasteiger partial charge in [-0.1, -0.05) is 252 Å². The summed E-state index contributed by atoms with van der Waals surface area (Å²) in [5.74, 6) is -0.0420. The number of esters is 3. The van der Waals surface area contributed by atoms with E-state index in [1.807, 2.05) is 0 Å². The summed E-state index contributed by atoms with van der Waals surface area (Å²) >= 11 is 0. The molecule has 0 bridgehead atoms. The van der Waals surface area contributed by atoms with Crippen LogP contribution in [0.3, 0.4) is 0 Å². The lowest BCUT2D eigenvalue weighted by Gasteiger charge is -2.18. The number of carbonyl (C=O) groups is 3. The molecule has 0 aromatic carbocycles. The summed E-state index contributed by atoms with van der Waals surface area (Å²) in [7, 11) is 0. The maximum absolute atomic E-state index is 12.7. The third kappa shape index (κ3) is 45.5. The maximum atomic E-state index is 12.7. The van der Waals surface area contributed by atoms with Crippen molar-refractivity contribution in [1.82, 2.24) is 0 Å². The van der Waals surface area contributed by atoms with Crippen LogP contribution in [0.1, 0.15) is 291 Å². The maximum Gasteiger partial charge on any atom is 0.306 e. The zero-order valence-corrected chi connectivity index (χ0v) is 39.5. The van der Waals surface area contributed by atoms with Gasteiger partial charge in [-0.2, -0.15) is 0 Å². The van der Waals surface area contributed by atoms with Gasteiger partial charge in [-0.3, -0.25) is 14.4 Å². The van der Waals surface area contributed by atoms with E-state index >= 15 is 0 Å². The van der Waals surface area contributed by atoms with Gasteiger partial charge >= 0.3 is 17.9 Å². The molecule has 0 aromatic rings. The highest BCUT2D eigenvalue weighted by atomic mass is 16.6. The third-order valence-electron chi connectivity index (χ3n) is 11.8. The Morgan fingerprint density at radius 3 is 0.845 bits per heavy atom. The van der Waals surface area contributed by atoms with Gasteiger partial charge in [-0.15, -0.1) is 0 Å². The van der Waals surface area contributed by atoms with Gasteiger partial charge in [0.1, 0.15) is 13.2 Å². The number of rotatable bonds is 47. The Morgan fingerprint density at radius 2 is 0.569 bits per heavy atom. The van der Waals surface area contributed by atoms with Crippen LogP contribution >= 0.6 is 0 Å². The number of unbranched alkanes of at least 4 members (excludes halogenated alkanes) is 34. The van der Waals surface area contributed by atoms with E-state index < -0.39 is 6.10 Å². The van der Waals surface area contributed by atoms with E-state index in [9.17, 15) is 14.4 Å². The first-order valence-electron chi connectivity index (χ1n) is 25.9. The van der Waals surface area contributed by atoms with Gasteiger partial charge < -0.3 is 14.2 Å². The minimum Gasteiger partial charge on any atom is -0.462 e. The van der Waals surface area contributed by atoms with Gasteiger partial charge in [0.15, 0.2) is 6.10 Å². The molecule has 0 spiro atoms. The Labute approximate surface area is 361 Å². The van der Waals surface area contributed by atoms with Crippen molar-refractivity contribution in [1.29, 1.82) is 0 Å². The van der Waals surface area contributed by atoms with Crippen LogP contribution < -0.4 is 0 Å². The Balaban J connectivity index is 4.24. The van der Waals surface area contributed by atoms with Crippen molar-refractivity contribution < 1.29 is 28.6 Å². The van der Waals surface area contributed by atoms with E-state index in [4.69, 9.17) is 14.2 Å². The Bertz CT molecular complexity index is 872. The largest absolute Gasteiger partial charge is 0.462 e. The van der Waals surface area contributed by atoms with Crippen molar-refractivity contribution in [3.05, 3.63) is 0 Å². The molecule has 0 saturated heterocycles. The molecule has 6 nitrogen and oxygen atoms in total. The van der Waals surface area contributed by atoms with Crippen LogP contribution in [0.2, 0.25) is 0 Å². The Morgan fingerprint density at radius 1 is 0.328 bits per heavy atom. The molecule has 6 heteroatoms. The molecule has 0 unspecified atom stereocenters. The van der Waals surface area contributed by atoms with Gasteiger partial charge in [0.05, 0.1) is 0 Å². The fourth-order valence-corrected chi connectivity index (χ4v) is 7.86. The quantitative estimate of drug-likeness (QED) is 0.0346. The summed E-state index contributed by atoms with van der Waals surface area (Å²) in [6, 6.07) is 0. The van der Waals surface area contributed by atoms with Gasteiger partial charge in [0.2, 0.25) is 0 Å². The van der Waals surface area contributed by atoms with Crippen molar-refractivity contribution in [2.24, 2.45) is 5.92 Å². The Hall–Kier alpha value is -1.59. The zero-order chi connectivity index (χ0) is 42.4. The van der Waals surface area contributed by atoms with Crippen molar-refractivity contribution in [3.8, 4) is 0 Å². The molecule has 344 valence electrons. The molecule has 0 radical (unpaired) electrons. The topological polar surface area (TPSA) is 78.9 Å². The number of ether oxygens (including phenoxy) is 3. The smallest absolute Gasteiger partial charge is 0.306 e. The first kappa shape index (κ1) is 56.4. The van der Waals surface area contributed by atoms with Gasteiger partial charge in [0, 0.05) is 19.3 Å². The van der Waals surface area contributed by atoms with Crippen LogP contribution in [-0.2, 0) is 28.6 Å². The van der Waals surface area contributed by atoms with E-state index in [0.29, 0.717) is 19.3 Å². The predicted octanol–water partition coefficient (Wildman–Crippen LogP) is 16.7. The highest BCUT2D eigenvalue weighted by Crippen LogP contribution is 2.17. The van der Waals surface area contributed by atoms with Crippen molar-refractivity contribution >= 4 is 17.9 Å². The molecule has 0 aliphatic carbocycles. The standard InChI is InChI=1S/C52H100O6/c1-5-7-9-11-13-15-17-18-19-20-21-22-23-24-28-32-36-40-44-51(54)57-47-49(46-56-50(53)43-39-35-31-27-16-14-12-10-8-6-2)58-52(55)45-41-37-33-29-25-26-30-34-38-42-48(3)4/h48-49H,5-47H2,1-4H3/t49-/m0/s1. The minimum absolute atomic E-state index is 0.0632. The Kier molecular flexibility index (Phi) is 45.2. The molecular weight excluding hydrogens is 721 g/mol. The molecule has 0 aliphatic rings. The van der Waals surface area contributed by atoms with Crippen LogP contribution in [0.5, 0.6) is 0 Å². The predicted molar refractivity (Wildman–Crippen MR) is 247 cm³/mol. The first-order valence-corrected chi connectivity index (χ1v) is 25.9. The lowest BCUT2D eigenvalue weighted by atomic mass is 10.0. The van der Waals surface area contributed by atoms with Crippen LogP contribution in [-0.4, -0.2) is 37.2 Å². The second-order valence-electron chi connectivity index (χ2n) is 18.3. The summed E-state index contributed by atoms with van der Waals surface area (Å²) in [6.45, 7) is 8.99. The number of hydrogen-bond acceptors (Lipinski definition) is 6. The number of hydrogen-bond donors (Lipinski definition) is 0. The molecular formula is C52H100O6. The normalized spacial score (nSPS) is 11.9. The molecule has 0 aliphatic heterocycles. The molecule has 0 rings (SSSR count). The summed E-state index contributed by atoms with van der Waals surface area (Å²) in [6.07, 6.45) is 48.1. The average Bonchev–Trinajstić information content (AvgIpc) is 3.21. The van der Waals surface area contributed by atoms with Gasteiger partial charge in [0.25, 0.3) is 0 Å². The van der Waals surface area contributed by atoms with Crippen LogP contribution in [0.15, 0.2) is 0 Å². The SMILES string of the molecule is CCCCCCCCCCCCCCCCCCCCC(=O)OC[C@H](COC(=O)CCCCCCCCCCCC)OC(=O)CCCCCCCCCCCC(C)C. The lowest BCUT2D eigenvalue weighted by Crippen LogP contribution is -2.30. The van der Waals surface area contributed by atoms with Crippen molar-refractivity contribution in [3.63, 3.8) is 0 Å². The average molecular weight is 821 g/mol. The molecule has 1 atom stereocenters.